The molecule has 2 saturated heterocycles. The van der Waals surface area contributed by atoms with Gasteiger partial charge in [-0.15, -0.1) is 0 Å². The van der Waals surface area contributed by atoms with E-state index in [1.807, 2.05) is 0 Å². The van der Waals surface area contributed by atoms with E-state index < -0.39 is 11.5 Å². The summed E-state index contributed by atoms with van der Waals surface area (Å²) in [5, 5.41) is 3.46. The van der Waals surface area contributed by atoms with Crippen LogP contribution in [-0.4, -0.2) is 36.0 Å². The zero-order valence-electron chi connectivity index (χ0n) is 7.79. The summed E-state index contributed by atoms with van der Waals surface area (Å²) in [5.41, 5.74) is 7.68. The van der Waals surface area contributed by atoms with Crippen molar-refractivity contribution in [2.45, 2.75) is 30.7 Å². The van der Waals surface area contributed by atoms with Gasteiger partial charge in [0.25, 0.3) is 5.92 Å². The zero-order chi connectivity index (χ0) is 10.2. The van der Waals surface area contributed by atoms with Gasteiger partial charge in [0.1, 0.15) is 0 Å². The highest BCUT2D eigenvalue weighted by Gasteiger charge is 2.55. The number of rotatable bonds is 2. The normalized spacial score (nSPS) is 35.3. The van der Waals surface area contributed by atoms with Gasteiger partial charge in [-0.1, -0.05) is 5.11 Å². The van der Waals surface area contributed by atoms with E-state index in [0.717, 1.165) is 12.8 Å². The van der Waals surface area contributed by atoms with Crippen LogP contribution in [0.5, 0.6) is 0 Å². The molecule has 4 nitrogen and oxygen atoms in total. The molecule has 14 heavy (non-hydrogen) atoms. The zero-order valence-corrected chi connectivity index (χ0v) is 7.79. The van der Waals surface area contributed by atoms with Crippen LogP contribution in [0, 0.1) is 0 Å². The second-order valence-corrected chi connectivity index (χ2v) is 4.17. The van der Waals surface area contributed by atoms with Crippen molar-refractivity contribution in [3.63, 3.8) is 0 Å². The second-order valence-electron chi connectivity index (χ2n) is 4.17. The molecule has 0 aromatic rings. The minimum atomic E-state index is -2.61. The third-order valence-corrected chi connectivity index (χ3v) is 3.18. The summed E-state index contributed by atoms with van der Waals surface area (Å²) in [6.07, 6.45) is 1.50. The summed E-state index contributed by atoms with van der Waals surface area (Å²) >= 11 is 0. The Morgan fingerprint density at radius 3 is 3.00 bits per heavy atom. The Hall–Kier alpha value is -0.870. The fourth-order valence-corrected chi connectivity index (χ4v) is 2.66. The van der Waals surface area contributed by atoms with Crippen molar-refractivity contribution in [2.24, 2.45) is 5.11 Å². The van der Waals surface area contributed by atoms with Gasteiger partial charge in [0, 0.05) is 23.4 Å². The first-order valence-electron chi connectivity index (χ1n) is 4.72. The molecule has 6 heteroatoms. The number of halogens is 2. The van der Waals surface area contributed by atoms with Crippen molar-refractivity contribution >= 4 is 0 Å². The molecule has 0 radical (unpaired) electrons. The summed E-state index contributed by atoms with van der Waals surface area (Å²) in [7, 11) is 0. The maximum atomic E-state index is 13.2. The largest absolute Gasteiger partial charge is 0.291 e. The van der Waals surface area contributed by atoms with E-state index in [1.165, 1.54) is 0 Å². The van der Waals surface area contributed by atoms with Crippen molar-refractivity contribution in [1.82, 2.24) is 4.90 Å². The molecule has 78 valence electrons. The van der Waals surface area contributed by atoms with Crippen LogP contribution in [0.15, 0.2) is 5.11 Å². The lowest BCUT2D eigenvalue weighted by molar-refractivity contribution is 0.00970. The molecule has 2 heterocycles. The van der Waals surface area contributed by atoms with Gasteiger partial charge in [0.15, 0.2) is 0 Å². The molecule has 2 rings (SSSR count). The van der Waals surface area contributed by atoms with Crippen molar-refractivity contribution in [2.75, 3.05) is 19.6 Å². The van der Waals surface area contributed by atoms with E-state index >= 15 is 0 Å². The first-order valence-corrected chi connectivity index (χ1v) is 4.72. The van der Waals surface area contributed by atoms with Crippen molar-refractivity contribution in [3.05, 3.63) is 10.4 Å². The van der Waals surface area contributed by atoms with Crippen LogP contribution >= 0.6 is 0 Å². The number of alkyl halides is 2. The van der Waals surface area contributed by atoms with Crippen molar-refractivity contribution in [3.8, 4) is 0 Å². The molecule has 1 atom stereocenters. The minimum Gasteiger partial charge on any atom is -0.291 e. The summed E-state index contributed by atoms with van der Waals surface area (Å²) in [5.74, 6) is -2.61. The van der Waals surface area contributed by atoms with Crippen molar-refractivity contribution < 1.29 is 8.78 Å². The fraction of sp³-hybridized carbons (Fsp3) is 1.00. The second kappa shape index (κ2) is 3.07. The third-order valence-electron chi connectivity index (χ3n) is 3.18. The van der Waals surface area contributed by atoms with Gasteiger partial charge < -0.3 is 0 Å². The Kier molecular flexibility index (Phi) is 2.12. The van der Waals surface area contributed by atoms with E-state index in [1.54, 1.807) is 4.90 Å². The van der Waals surface area contributed by atoms with Gasteiger partial charge >= 0.3 is 0 Å². The SMILES string of the molecule is [N-]=[N+]=NC[C@@]12CCCN1CC(F)(F)C2. The number of hydrogen-bond acceptors (Lipinski definition) is 2. The standard InChI is InChI=1S/C8H12F2N4/c9-8(10)4-7(5-12-13-11)2-1-3-14(7)6-8/h1-6H2/t7-/m0/s1. The summed E-state index contributed by atoms with van der Waals surface area (Å²) in [6, 6.07) is 0. The van der Waals surface area contributed by atoms with E-state index in [9.17, 15) is 8.78 Å². The highest BCUT2D eigenvalue weighted by Crippen LogP contribution is 2.45. The number of fused-ring (bicyclic) bond motifs is 1. The van der Waals surface area contributed by atoms with Gasteiger partial charge in [-0.05, 0) is 24.9 Å². The Balaban J connectivity index is 2.18. The molecule has 0 amide bonds. The lowest BCUT2D eigenvalue weighted by Crippen LogP contribution is -2.40. The Labute approximate surface area is 80.5 Å². The topological polar surface area (TPSA) is 52.0 Å². The molecule has 0 bridgehead atoms. The van der Waals surface area contributed by atoms with E-state index in [-0.39, 0.29) is 19.5 Å². The van der Waals surface area contributed by atoms with Crippen LogP contribution in [0.3, 0.4) is 0 Å². The molecule has 2 aliphatic rings. The molecule has 0 unspecified atom stereocenters. The summed E-state index contributed by atoms with van der Waals surface area (Å²) in [4.78, 5) is 4.44. The molecule has 0 aromatic heterocycles. The molecule has 2 fully saturated rings. The average Bonchev–Trinajstić information content (AvgIpc) is 2.53. The van der Waals surface area contributed by atoms with Gasteiger partial charge in [0.05, 0.1) is 6.54 Å². The molecule has 2 aliphatic heterocycles. The fourth-order valence-electron chi connectivity index (χ4n) is 2.66. The molecule has 0 saturated carbocycles. The Morgan fingerprint density at radius 1 is 1.50 bits per heavy atom. The summed E-state index contributed by atoms with van der Waals surface area (Å²) in [6.45, 7) is 0.712. The Morgan fingerprint density at radius 2 is 2.29 bits per heavy atom. The first kappa shape index (κ1) is 9.68. The minimum absolute atomic E-state index is 0.154. The molecule has 0 spiro atoms. The highest BCUT2D eigenvalue weighted by molar-refractivity contribution is 5.07. The third kappa shape index (κ3) is 1.44. The van der Waals surface area contributed by atoms with Crippen LogP contribution in [0.4, 0.5) is 8.78 Å². The Bertz CT molecular complexity index is 287. The molecule has 0 aliphatic carbocycles. The van der Waals surface area contributed by atoms with Crippen LogP contribution in [-0.2, 0) is 0 Å². The predicted molar refractivity (Wildman–Crippen MR) is 47.1 cm³/mol. The molecular weight excluding hydrogens is 190 g/mol. The highest BCUT2D eigenvalue weighted by atomic mass is 19.3. The van der Waals surface area contributed by atoms with Crippen LogP contribution in [0.25, 0.3) is 10.4 Å². The molecular formula is C8H12F2N4. The lowest BCUT2D eigenvalue weighted by atomic mass is 9.93. The monoisotopic (exact) mass is 202 g/mol. The quantitative estimate of drug-likeness (QED) is 0.384. The van der Waals surface area contributed by atoms with Crippen molar-refractivity contribution in [1.29, 1.82) is 0 Å². The summed E-state index contributed by atoms with van der Waals surface area (Å²) < 4.78 is 26.3. The maximum absolute atomic E-state index is 13.2. The van der Waals surface area contributed by atoms with Gasteiger partial charge in [-0.2, -0.15) is 0 Å². The number of azide groups is 1. The van der Waals surface area contributed by atoms with Gasteiger partial charge in [0.2, 0.25) is 0 Å². The van der Waals surface area contributed by atoms with E-state index in [2.05, 4.69) is 10.0 Å². The molecule has 0 N–H and O–H groups in total. The smallest absolute Gasteiger partial charge is 0.262 e. The van der Waals surface area contributed by atoms with Gasteiger partial charge in [-0.3, -0.25) is 4.90 Å². The number of hydrogen-bond donors (Lipinski definition) is 0. The molecule has 0 aromatic carbocycles. The maximum Gasteiger partial charge on any atom is 0.262 e. The van der Waals surface area contributed by atoms with Crippen LogP contribution in [0.2, 0.25) is 0 Å². The lowest BCUT2D eigenvalue weighted by Gasteiger charge is -2.28. The van der Waals surface area contributed by atoms with E-state index in [0.29, 0.717) is 6.54 Å². The predicted octanol–water partition coefficient (Wildman–Crippen LogP) is 2.17. The van der Waals surface area contributed by atoms with Crippen LogP contribution < -0.4 is 0 Å². The van der Waals surface area contributed by atoms with Gasteiger partial charge in [-0.25, -0.2) is 8.78 Å². The van der Waals surface area contributed by atoms with E-state index in [4.69, 9.17) is 5.53 Å². The van der Waals surface area contributed by atoms with Crippen LogP contribution in [0.1, 0.15) is 19.3 Å². The number of nitrogens with zero attached hydrogens (tertiary/aromatic N) is 4. The average molecular weight is 202 g/mol. The first-order chi connectivity index (χ1) is 6.58.